The standard InChI is InChI=1S/C14H21N3O5S2/c1-15-14(18)11-16(2)23(19,20)12-5-7-13(8-6-12)24(21,22)17-9-3-4-10-17/h5-8H,3-4,9-11H2,1-2H3,(H,15,18). The number of nitrogens with one attached hydrogen (secondary N) is 1. The number of sulfonamides is 2. The fraction of sp³-hybridized carbons (Fsp3) is 0.500. The van der Waals surface area contributed by atoms with Crippen molar-refractivity contribution in [2.45, 2.75) is 22.6 Å². The van der Waals surface area contributed by atoms with Crippen LogP contribution in [0.3, 0.4) is 0 Å². The van der Waals surface area contributed by atoms with E-state index in [9.17, 15) is 21.6 Å². The molecule has 0 radical (unpaired) electrons. The smallest absolute Gasteiger partial charge is 0.243 e. The Morgan fingerprint density at radius 3 is 2.08 bits per heavy atom. The van der Waals surface area contributed by atoms with E-state index in [2.05, 4.69) is 5.32 Å². The maximum absolute atomic E-state index is 12.4. The molecular weight excluding hydrogens is 354 g/mol. The van der Waals surface area contributed by atoms with Crippen LogP contribution in [0.5, 0.6) is 0 Å². The number of benzene rings is 1. The van der Waals surface area contributed by atoms with E-state index in [4.69, 9.17) is 0 Å². The van der Waals surface area contributed by atoms with Gasteiger partial charge in [-0.2, -0.15) is 8.61 Å². The zero-order valence-electron chi connectivity index (χ0n) is 13.6. The van der Waals surface area contributed by atoms with E-state index in [1.54, 1.807) is 0 Å². The summed E-state index contributed by atoms with van der Waals surface area (Å²) >= 11 is 0. The maximum Gasteiger partial charge on any atom is 0.243 e. The van der Waals surface area contributed by atoms with Crippen LogP contribution in [-0.4, -0.2) is 65.1 Å². The molecule has 0 saturated carbocycles. The topological polar surface area (TPSA) is 104 Å². The van der Waals surface area contributed by atoms with Gasteiger partial charge in [-0.05, 0) is 37.1 Å². The lowest BCUT2D eigenvalue weighted by atomic mass is 10.4. The first-order chi connectivity index (χ1) is 11.2. The van der Waals surface area contributed by atoms with E-state index in [1.807, 2.05) is 0 Å². The van der Waals surface area contributed by atoms with Crippen LogP contribution in [0.2, 0.25) is 0 Å². The fourth-order valence-corrected chi connectivity index (χ4v) is 5.05. The van der Waals surface area contributed by atoms with Crippen LogP contribution in [0.25, 0.3) is 0 Å². The van der Waals surface area contributed by atoms with Crippen LogP contribution >= 0.6 is 0 Å². The second kappa shape index (κ2) is 7.18. The molecular formula is C14H21N3O5S2. The molecule has 1 aliphatic rings. The van der Waals surface area contributed by atoms with Crippen LogP contribution in [0.1, 0.15) is 12.8 Å². The average molecular weight is 375 g/mol. The second-order valence-electron chi connectivity index (χ2n) is 5.52. The highest BCUT2D eigenvalue weighted by Gasteiger charge is 2.28. The van der Waals surface area contributed by atoms with E-state index in [1.165, 1.54) is 42.7 Å². The number of nitrogens with zero attached hydrogens (tertiary/aromatic N) is 2. The summed E-state index contributed by atoms with van der Waals surface area (Å²) in [7, 11) is -4.74. The van der Waals surface area contributed by atoms with Gasteiger partial charge >= 0.3 is 0 Å². The lowest BCUT2D eigenvalue weighted by molar-refractivity contribution is -0.120. The van der Waals surface area contributed by atoms with E-state index < -0.39 is 26.0 Å². The molecule has 1 saturated heterocycles. The van der Waals surface area contributed by atoms with E-state index in [0.29, 0.717) is 13.1 Å². The highest BCUT2D eigenvalue weighted by Crippen LogP contribution is 2.23. The summed E-state index contributed by atoms with van der Waals surface area (Å²) in [5.74, 6) is -0.436. The molecule has 134 valence electrons. The van der Waals surface area contributed by atoms with Gasteiger partial charge in [0.2, 0.25) is 26.0 Å². The van der Waals surface area contributed by atoms with Gasteiger partial charge in [0.15, 0.2) is 0 Å². The molecule has 1 aromatic carbocycles. The van der Waals surface area contributed by atoms with Crippen molar-refractivity contribution >= 4 is 26.0 Å². The molecule has 0 unspecified atom stereocenters. The van der Waals surface area contributed by atoms with Crippen molar-refractivity contribution in [3.05, 3.63) is 24.3 Å². The Morgan fingerprint density at radius 2 is 1.58 bits per heavy atom. The Kier molecular flexibility index (Phi) is 5.63. The third kappa shape index (κ3) is 3.77. The summed E-state index contributed by atoms with van der Waals surface area (Å²) in [5, 5.41) is 2.35. The summed E-state index contributed by atoms with van der Waals surface area (Å²) in [6.45, 7) is 0.654. The molecule has 0 aliphatic carbocycles. The van der Waals surface area contributed by atoms with E-state index in [0.717, 1.165) is 17.1 Å². The zero-order chi connectivity index (χ0) is 18.0. The molecule has 10 heteroatoms. The number of likely N-dealkylation sites (N-methyl/N-ethyl adjacent to an activating group) is 2. The Balaban J connectivity index is 2.24. The highest BCUT2D eigenvalue weighted by molar-refractivity contribution is 7.89. The molecule has 0 spiro atoms. The Hall–Kier alpha value is -1.49. The first-order valence-electron chi connectivity index (χ1n) is 7.47. The van der Waals surface area contributed by atoms with Gasteiger partial charge in [0.05, 0.1) is 16.3 Å². The van der Waals surface area contributed by atoms with E-state index >= 15 is 0 Å². The van der Waals surface area contributed by atoms with Crippen molar-refractivity contribution in [2.24, 2.45) is 0 Å². The number of hydrogen-bond acceptors (Lipinski definition) is 5. The van der Waals surface area contributed by atoms with Crippen molar-refractivity contribution in [1.82, 2.24) is 13.9 Å². The monoisotopic (exact) mass is 375 g/mol. The number of amides is 1. The normalized spacial score (nSPS) is 16.5. The number of carbonyl (C=O) groups excluding carboxylic acids is 1. The van der Waals surface area contributed by atoms with Gasteiger partial charge in [-0.1, -0.05) is 0 Å². The molecule has 0 aromatic heterocycles. The first-order valence-corrected chi connectivity index (χ1v) is 10.3. The summed E-state index contributed by atoms with van der Waals surface area (Å²) < 4.78 is 51.9. The fourth-order valence-electron chi connectivity index (χ4n) is 2.41. The highest BCUT2D eigenvalue weighted by atomic mass is 32.2. The SMILES string of the molecule is CNC(=O)CN(C)S(=O)(=O)c1ccc(S(=O)(=O)N2CCCC2)cc1. The van der Waals surface area contributed by atoms with Gasteiger partial charge in [0.25, 0.3) is 0 Å². The third-order valence-corrected chi connectivity index (χ3v) is 7.61. The maximum atomic E-state index is 12.4. The third-order valence-electron chi connectivity index (χ3n) is 3.88. The van der Waals surface area contributed by atoms with Gasteiger partial charge in [-0.15, -0.1) is 0 Å². The second-order valence-corrected chi connectivity index (χ2v) is 9.50. The molecule has 1 aromatic rings. The van der Waals surface area contributed by atoms with Crippen LogP contribution in [-0.2, 0) is 24.8 Å². The summed E-state index contributed by atoms with van der Waals surface area (Å²) in [6.07, 6.45) is 1.66. The van der Waals surface area contributed by atoms with Gasteiger partial charge in [0.1, 0.15) is 0 Å². The molecule has 0 bridgehead atoms. The summed E-state index contributed by atoms with van der Waals surface area (Å²) in [6, 6.07) is 5.07. The van der Waals surface area contributed by atoms with Crippen molar-refractivity contribution in [3.63, 3.8) is 0 Å². The minimum Gasteiger partial charge on any atom is -0.358 e. The minimum atomic E-state index is -3.86. The lowest BCUT2D eigenvalue weighted by Crippen LogP contribution is -2.36. The molecule has 2 rings (SSSR count). The summed E-state index contributed by atoms with van der Waals surface area (Å²) in [5.41, 5.74) is 0. The van der Waals surface area contributed by atoms with Crippen molar-refractivity contribution in [1.29, 1.82) is 0 Å². The van der Waals surface area contributed by atoms with Crippen molar-refractivity contribution in [3.8, 4) is 0 Å². The van der Waals surface area contributed by atoms with Crippen molar-refractivity contribution in [2.75, 3.05) is 33.7 Å². The van der Waals surface area contributed by atoms with Crippen molar-refractivity contribution < 1.29 is 21.6 Å². The molecule has 1 heterocycles. The van der Waals surface area contributed by atoms with Gasteiger partial charge < -0.3 is 5.32 Å². The van der Waals surface area contributed by atoms with Crippen LogP contribution in [0.15, 0.2) is 34.1 Å². The predicted octanol–water partition coefficient (Wildman–Crippen LogP) is -0.162. The molecule has 8 nitrogen and oxygen atoms in total. The lowest BCUT2D eigenvalue weighted by Gasteiger charge is -2.18. The number of carbonyl (C=O) groups is 1. The van der Waals surface area contributed by atoms with Gasteiger partial charge in [-0.25, -0.2) is 16.8 Å². The largest absolute Gasteiger partial charge is 0.358 e. The average Bonchev–Trinajstić information content (AvgIpc) is 3.10. The van der Waals surface area contributed by atoms with Gasteiger partial charge in [0, 0.05) is 27.2 Å². The van der Waals surface area contributed by atoms with Crippen LogP contribution in [0, 0.1) is 0 Å². The summed E-state index contributed by atoms with van der Waals surface area (Å²) in [4.78, 5) is 11.3. The molecule has 0 atom stereocenters. The van der Waals surface area contributed by atoms with E-state index in [-0.39, 0.29) is 16.3 Å². The Morgan fingerprint density at radius 1 is 1.08 bits per heavy atom. The quantitative estimate of drug-likeness (QED) is 0.744. The van der Waals surface area contributed by atoms with Crippen LogP contribution < -0.4 is 5.32 Å². The number of rotatable bonds is 6. The number of hydrogen-bond donors (Lipinski definition) is 1. The molecule has 1 N–H and O–H groups in total. The molecule has 1 fully saturated rings. The van der Waals surface area contributed by atoms with Crippen LogP contribution in [0.4, 0.5) is 0 Å². The minimum absolute atomic E-state index is 0.0609. The molecule has 1 aliphatic heterocycles. The predicted molar refractivity (Wildman–Crippen MR) is 88.3 cm³/mol. The Labute approximate surface area is 142 Å². The first kappa shape index (κ1) is 18.8. The Bertz CT molecular complexity index is 797. The zero-order valence-corrected chi connectivity index (χ0v) is 15.2. The van der Waals surface area contributed by atoms with Gasteiger partial charge in [-0.3, -0.25) is 4.79 Å². The molecule has 1 amide bonds. The molecule has 24 heavy (non-hydrogen) atoms.